The first-order valence-corrected chi connectivity index (χ1v) is 6.50. The molecule has 4 heteroatoms. The van der Waals surface area contributed by atoms with Crippen LogP contribution in [0.5, 0.6) is 5.75 Å². The van der Waals surface area contributed by atoms with Gasteiger partial charge in [0.2, 0.25) is 5.91 Å². The van der Waals surface area contributed by atoms with Crippen LogP contribution in [0, 0.1) is 0 Å². The van der Waals surface area contributed by atoms with Gasteiger partial charge in [-0.05, 0) is 12.5 Å². The van der Waals surface area contributed by atoms with Crippen molar-refractivity contribution in [2.24, 2.45) is 5.73 Å². The van der Waals surface area contributed by atoms with Gasteiger partial charge in [-0.25, -0.2) is 0 Å². The Morgan fingerprint density at radius 1 is 1.56 bits per heavy atom. The summed E-state index contributed by atoms with van der Waals surface area (Å²) in [4.78, 5) is 11.9. The first-order chi connectivity index (χ1) is 8.72. The summed E-state index contributed by atoms with van der Waals surface area (Å²) in [6, 6.07) is 7.42. The molecule has 4 nitrogen and oxygen atoms in total. The van der Waals surface area contributed by atoms with E-state index < -0.39 is 6.04 Å². The minimum atomic E-state index is -0.412. The monoisotopic (exact) mass is 248 g/mol. The van der Waals surface area contributed by atoms with Crippen LogP contribution >= 0.6 is 0 Å². The molecule has 0 aliphatic carbocycles. The summed E-state index contributed by atoms with van der Waals surface area (Å²) in [6.45, 7) is 2.65. The maximum absolute atomic E-state index is 11.9. The third kappa shape index (κ3) is 2.82. The average molecular weight is 248 g/mol. The van der Waals surface area contributed by atoms with Crippen LogP contribution in [-0.2, 0) is 4.79 Å². The maximum atomic E-state index is 11.9. The quantitative estimate of drug-likeness (QED) is 0.853. The van der Waals surface area contributed by atoms with Crippen LogP contribution in [0.15, 0.2) is 24.3 Å². The van der Waals surface area contributed by atoms with E-state index >= 15 is 0 Å². The van der Waals surface area contributed by atoms with Crippen molar-refractivity contribution in [3.8, 4) is 5.75 Å². The number of amides is 1. The Hall–Kier alpha value is -1.55. The second-order valence-corrected chi connectivity index (χ2v) is 4.63. The van der Waals surface area contributed by atoms with E-state index in [2.05, 4.69) is 5.32 Å². The number of para-hydroxylation sites is 1. The molecule has 98 valence electrons. The van der Waals surface area contributed by atoms with Gasteiger partial charge in [0, 0.05) is 12.0 Å². The summed E-state index contributed by atoms with van der Waals surface area (Å²) >= 11 is 0. The van der Waals surface area contributed by atoms with Gasteiger partial charge in [-0.2, -0.15) is 0 Å². The molecule has 1 aromatic carbocycles. The number of benzene rings is 1. The van der Waals surface area contributed by atoms with Gasteiger partial charge in [0.05, 0.1) is 18.7 Å². The zero-order chi connectivity index (χ0) is 13.0. The van der Waals surface area contributed by atoms with Crippen LogP contribution in [0.2, 0.25) is 0 Å². The Balaban J connectivity index is 2.05. The lowest BCUT2D eigenvalue weighted by Crippen LogP contribution is -2.43. The molecule has 0 saturated heterocycles. The average Bonchev–Trinajstić information content (AvgIpc) is 2.39. The fourth-order valence-electron chi connectivity index (χ4n) is 2.21. The number of carbonyl (C=O) groups excluding carboxylic acids is 1. The second kappa shape index (κ2) is 5.87. The molecule has 1 aliphatic rings. The Labute approximate surface area is 108 Å². The highest BCUT2D eigenvalue weighted by Gasteiger charge is 2.24. The van der Waals surface area contributed by atoms with Crippen molar-refractivity contribution in [1.29, 1.82) is 0 Å². The van der Waals surface area contributed by atoms with E-state index in [1.165, 1.54) is 0 Å². The fraction of sp³-hybridized carbons (Fsp3) is 0.500. The molecule has 0 radical (unpaired) electrons. The molecule has 0 aromatic heterocycles. The van der Waals surface area contributed by atoms with Gasteiger partial charge in [-0.3, -0.25) is 4.79 Å². The number of hydrogen-bond acceptors (Lipinski definition) is 3. The topological polar surface area (TPSA) is 64.4 Å². The molecule has 18 heavy (non-hydrogen) atoms. The maximum Gasteiger partial charge on any atom is 0.237 e. The van der Waals surface area contributed by atoms with E-state index in [9.17, 15) is 4.79 Å². The van der Waals surface area contributed by atoms with Gasteiger partial charge in [0.1, 0.15) is 5.75 Å². The van der Waals surface area contributed by atoms with Crippen molar-refractivity contribution < 1.29 is 9.53 Å². The number of carbonyl (C=O) groups is 1. The smallest absolute Gasteiger partial charge is 0.237 e. The fourth-order valence-corrected chi connectivity index (χ4v) is 2.21. The molecular formula is C14H20N2O2. The van der Waals surface area contributed by atoms with E-state index in [1.807, 2.05) is 31.2 Å². The van der Waals surface area contributed by atoms with Crippen molar-refractivity contribution in [2.75, 3.05) is 6.61 Å². The Kier molecular flexibility index (Phi) is 4.20. The van der Waals surface area contributed by atoms with Crippen molar-refractivity contribution in [2.45, 2.75) is 38.3 Å². The van der Waals surface area contributed by atoms with Crippen LogP contribution in [0.25, 0.3) is 0 Å². The molecule has 0 fully saturated rings. The first-order valence-electron chi connectivity index (χ1n) is 6.50. The molecule has 1 aromatic rings. The third-order valence-electron chi connectivity index (χ3n) is 3.21. The highest BCUT2D eigenvalue weighted by Crippen LogP contribution is 2.31. The summed E-state index contributed by atoms with van der Waals surface area (Å²) in [5.74, 6) is 0.789. The van der Waals surface area contributed by atoms with Gasteiger partial charge >= 0.3 is 0 Å². The standard InChI is InChI=1S/C14H20N2O2/c1-2-5-11(15)14(17)16-12-8-9-18-13-7-4-3-6-10(12)13/h3-4,6-7,11-12H,2,5,8-9,15H2,1H3,(H,16,17)/t11-,12?/m0/s1. The molecule has 3 N–H and O–H groups in total. The van der Waals surface area contributed by atoms with Gasteiger partial charge in [0.15, 0.2) is 0 Å². The van der Waals surface area contributed by atoms with Crippen molar-refractivity contribution >= 4 is 5.91 Å². The summed E-state index contributed by atoms with van der Waals surface area (Å²) in [6.07, 6.45) is 2.43. The van der Waals surface area contributed by atoms with Crippen LogP contribution < -0.4 is 15.8 Å². The first kappa shape index (κ1) is 12.9. The van der Waals surface area contributed by atoms with E-state index in [1.54, 1.807) is 0 Å². The van der Waals surface area contributed by atoms with Gasteiger partial charge in [-0.15, -0.1) is 0 Å². The van der Waals surface area contributed by atoms with Crippen LogP contribution in [0.1, 0.15) is 37.8 Å². The van der Waals surface area contributed by atoms with E-state index in [-0.39, 0.29) is 11.9 Å². The molecule has 1 aliphatic heterocycles. The normalized spacial score (nSPS) is 19.6. The van der Waals surface area contributed by atoms with Crippen LogP contribution in [0.4, 0.5) is 0 Å². The van der Waals surface area contributed by atoms with Gasteiger partial charge in [-0.1, -0.05) is 31.5 Å². The van der Waals surface area contributed by atoms with Crippen molar-refractivity contribution in [3.05, 3.63) is 29.8 Å². The molecule has 0 bridgehead atoms. The largest absolute Gasteiger partial charge is 0.493 e. The number of hydrogen-bond donors (Lipinski definition) is 2. The molecule has 1 unspecified atom stereocenters. The Bertz CT molecular complexity index is 420. The Morgan fingerprint density at radius 2 is 2.33 bits per heavy atom. The highest BCUT2D eigenvalue weighted by atomic mass is 16.5. The summed E-state index contributed by atoms with van der Waals surface area (Å²) in [7, 11) is 0. The molecule has 2 atom stereocenters. The van der Waals surface area contributed by atoms with Crippen LogP contribution in [0.3, 0.4) is 0 Å². The molecular weight excluding hydrogens is 228 g/mol. The highest BCUT2D eigenvalue weighted by molar-refractivity contribution is 5.82. The third-order valence-corrected chi connectivity index (χ3v) is 3.21. The molecule has 1 heterocycles. The van der Waals surface area contributed by atoms with Crippen LogP contribution in [-0.4, -0.2) is 18.6 Å². The van der Waals surface area contributed by atoms with E-state index in [0.717, 1.165) is 30.6 Å². The summed E-state index contributed by atoms with van der Waals surface area (Å²) in [5, 5.41) is 3.02. The lowest BCUT2D eigenvalue weighted by atomic mass is 10.00. The van der Waals surface area contributed by atoms with Gasteiger partial charge < -0.3 is 15.8 Å². The van der Waals surface area contributed by atoms with E-state index in [4.69, 9.17) is 10.5 Å². The van der Waals surface area contributed by atoms with Crippen molar-refractivity contribution in [3.63, 3.8) is 0 Å². The minimum absolute atomic E-state index is 0.0188. The Morgan fingerprint density at radius 3 is 3.11 bits per heavy atom. The number of rotatable bonds is 4. The number of fused-ring (bicyclic) bond motifs is 1. The molecule has 0 spiro atoms. The zero-order valence-corrected chi connectivity index (χ0v) is 10.7. The lowest BCUT2D eigenvalue weighted by molar-refractivity contribution is -0.123. The molecule has 1 amide bonds. The lowest BCUT2D eigenvalue weighted by Gasteiger charge is -2.27. The zero-order valence-electron chi connectivity index (χ0n) is 10.7. The molecule has 0 saturated carbocycles. The summed E-state index contributed by atoms with van der Waals surface area (Å²) in [5.41, 5.74) is 6.86. The predicted molar refractivity (Wildman–Crippen MR) is 70.3 cm³/mol. The SMILES string of the molecule is CCC[C@H](N)C(=O)NC1CCOc2ccccc21. The minimum Gasteiger partial charge on any atom is -0.493 e. The molecule has 2 rings (SSSR count). The number of nitrogens with one attached hydrogen (secondary N) is 1. The van der Waals surface area contributed by atoms with Gasteiger partial charge in [0.25, 0.3) is 0 Å². The second-order valence-electron chi connectivity index (χ2n) is 4.63. The van der Waals surface area contributed by atoms with Crippen molar-refractivity contribution in [1.82, 2.24) is 5.32 Å². The van der Waals surface area contributed by atoms with E-state index in [0.29, 0.717) is 6.61 Å². The predicted octanol–water partition coefficient (Wildman–Crippen LogP) is 1.75. The number of ether oxygens (including phenoxy) is 1. The summed E-state index contributed by atoms with van der Waals surface area (Å²) < 4.78 is 5.56. The number of nitrogens with two attached hydrogens (primary N) is 1.